The maximum absolute atomic E-state index is 11.3. The predicted molar refractivity (Wildman–Crippen MR) is 66.8 cm³/mol. The molecule has 18 heavy (non-hydrogen) atoms. The van der Waals surface area contributed by atoms with E-state index >= 15 is 0 Å². The molecule has 1 aromatic rings. The van der Waals surface area contributed by atoms with Crippen LogP contribution in [0, 0.1) is 0 Å². The highest BCUT2D eigenvalue weighted by Gasteiger charge is 2.16. The fourth-order valence-corrected chi connectivity index (χ4v) is 1.34. The topological polar surface area (TPSA) is 98.6 Å². The lowest BCUT2D eigenvalue weighted by atomic mass is 10.1. The number of nitrogens with two attached hydrogens (primary N) is 2. The van der Waals surface area contributed by atoms with Crippen LogP contribution in [0.15, 0.2) is 30.3 Å². The Hall–Kier alpha value is -2.08. The van der Waals surface area contributed by atoms with E-state index in [4.69, 9.17) is 16.2 Å². The summed E-state index contributed by atoms with van der Waals surface area (Å²) < 4.78 is 4.86. The number of rotatable bonds is 4. The molecule has 0 heterocycles. The number of hydrogen-bond acceptors (Lipinski definition) is 4. The Labute approximate surface area is 105 Å². The van der Waals surface area contributed by atoms with Gasteiger partial charge in [0.05, 0.1) is 0 Å². The van der Waals surface area contributed by atoms with Crippen molar-refractivity contribution < 1.29 is 14.3 Å². The zero-order chi connectivity index (χ0) is 13.5. The maximum Gasteiger partial charge on any atom is 0.417 e. The lowest BCUT2D eigenvalue weighted by molar-refractivity contribution is 0.112. The van der Waals surface area contributed by atoms with Gasteiger partial charge in [-0.05, 0) is 12.0 Å². The lowest BCUT2D eigenvalue weighted by Gasteiger charge is -2.15. The van der Waals surface area contributed by atoms with Crippen molar-refractivity contribution in [3.8, 4) is 0 Å². The molecule has 0 fully saturated rings. The first-order valence-electron chi connectivity index (χ1n) is 5.50. The highest BCUT2D eigenvalue weighted by molar-refractivity contribution is 5.89. The van der Waals surface area contributed by atoms with E-state index in [1.165, 1.54) is 7.05 Å². The molecule has 0 saturated carbocycles. The first kappa shape index (κ1) is 14.0. The Morgan fingerprint density at radius 2 is 1.94 bits per heavy atom. The van der Waals surface area contributed by atoms with Crippen molar-refractivity contribution in [2.75, 3.05) is 13.7 Å². The standard InChI is InChI=1S/C12H17N3O3/c1-15(11(14)16)12(17)18-8-10(13)7-9-5-3-2-4-6-9/h2-6,10H,7-8,13H2,1H3,(H2,14,16)/t10-/m1/s1. The number of carbonyl (C=O) groups is 2. The van der Waals surface area contributed by atoms with E-state index in [1.807, 2.05) is 30.3 Å². The molecular formula is C12H17N3O3. The Bertz CT molecular complexity index is 408. The van der Waals surface area contributed by atoms with E-state index in [-0.39, 0.29) is 12.6 Å². The SMILES string of the molecule is CN(C(N)=O)C(=O)OC[C@H](N)Cc1ccccc1. The van der Waals surface area contributed by atoms with E-state index in [9.17, 15) is 9.59 Å². The molecule has 0 aliphatic heterocycles. The van der Waals surface area contributed by atoms with Crippen molar-refractivity contribution in [1.29, 1.82) is 0 Å². The number of urea groups is 1. The maximum atomic E-state index is 11.3. The summed E-state index contributed by atoms with van der Waals surface area (Å²) in [5.41, 5.74) is 11.8. The van der Waals surface area contributed by atoms with Crippen LogP contribution in [-0.4, -0.2) is 36.7 Å². The predicted octanol–water partition coefficient (Wildman–Crippen LogP) is 0.704. The molecule has 4 N–H and O–H groups in total. The van der Waals surface area contributed by atoms with Crippen LogP contribution in [0.4, 0.5) is 9.59 Å². The summed E-state index contributed by atoms with van der Waals surface area (Å²) in [6, 6.07) is 8.43. The largest absolute Gasteiger partial charge is 0.447 e. The normalized spacial score (nSPS) is 11.7. The van der Waals surface area contributed by atoms with E-state index in [2.05, 4.69) is 0 Å². The Balaban J connectivity index is 2.35. The van der Waals surface area contributed by atoms with Crippen LogP contribution in [0.5, 0.6) is 0 Å². The van der Waals surface area contributed by atoms with Crippen LogP contribution in [0.25, 0.3) is 0 Å². The van der Waals surface area contributed by atoms with Crippen molar-refractivity contribution in [2.45, 2.75) is 12.5 Å². The minimum atomic E-state index is -0.864. The second kappa shape index (κ2) is 6.61. The van der Waals surface area contributed by atoms with Gasteiger partial charge >= 0.3 is 12.1 Å². The van der Waals surface area contributed by atoms with Crippen molar-refractivity contribution >= 4 is 12.1 Å². The Morgan fingerprint density at radius 1 is 1.33 bits per heavy atom. The molecule has 0 aliphatic rings. The van der Waals surface area contributed by atoms with Gasteiger partial charge < -0.3 is 16.2 Å². The van der Waals surface area contributed by atoms with Crippen LogP contribution in [-0.2, 0) is 11.2 Å². The fourth-order valence-electron chi connectivity index (χ4n) is 1.34. The van der Waals surface area contributed by atoms with Crippen molar-refractivity contribution in [1.82, 2.24) is 4.90 Å². The number of ether oxygens (including phenoxy) is 1. The van der Waals surface area contributed by atoms with Crippen LogP contribution >= 0.6 is 0 Å². The van der Waals surface area contributed by atoms with E-state index < -0.39 is 12.1 Å². The second-order valence-corrected chi connectivity index (χ2v) is 3.92. The minimum Gasteiger partial charge on any atom is -0.447 e. The van der Waals surface area contributed by atoms with Gasteiger partial charge in [-0.3, -0.25) is 0 Å². The van der Waals surface area contributed by atoms with E-state index in [1.54, 1.807) is 0 Å². The number of primary amides is 1. The van der Waals surface area contributed by atoms with Gasteiger partial charge in [0.2, 0.25) is 0 Å². The quantitative estimate of drug-likeness (QED) is 0.823. The van der Waals surface area contributed by atoms with Gasteiger partial charge in [-0.1, -0.05) is 30.3 Å². The van der Waals surface area contributed by atoms with Crippen LogP contribution in [0.1, 0.15) is 5.56 Å². The summed E-state index contributed by atoms with van der Waals surface area (Å²) in [5.74, 6) is 0. The second-order valence-electron chi connectivity index (χ2n) is 3.92. The molecule has 0 saturated heterocycles. The molecule has 1 atom stereocenters. The van der Waals surface area contributed by atoms with Gasteiger partial charge in [0, 0.05) is 13.1 Å². The molecule has 0 aromatic heterocycles. The molecule has 6 heteroatoms. The molecule has 98 valence electrons. The molecule has 6 nitrogen and oxygen atoms in total. The van der Waals surface area contributed by atoms with E-state index in [0.717, 1.165) is 5.56 Å². The Morgan fingerprint density at radius 3 is 2.50 bits per heavy atom. The van der Waals surface area contributed by atoms with Gasteiger partial charge in [0.15, 0.2) is 0 Å². The lowest BCUT2D eigenvalue weighted by Crippen LogP contribution is -2.40. The first-order chi connectivity index (χ1) is 8.50. The molecule has 1 aromatic carbocycles. The minimum absolute atomic E-state index is 0.0331. The van der Waals surface area contributed by atoms with Gasteiger partial charge in [-0.2, -0.15) is 0 Å². The number of hydrogen-bond donors (Lipinski definition) is 2. The summed E-state index contributed by atoms with van der Waals surface area (Å²) in [6.07, 6.45) is -0.208. The molecule has 1 rings (SSSR count). The van der Waals surface area contributed by atoms with Crippen LogP contribution in [0.3, 0.4) is 0 Å². The van der Waals surface area contributed by atoms with Gasteiger partial charge in [0.25, 0.3) is 0 Å². The van der Waals surface area contributed by atoms with Crippen molar-refractivity contribution in [3.63, 3.8) is 0 Å². The van der Waals surface area contributed by atoms with Crippen LogP contribution < -0.4 is 11.5 Å². The van der Waals surface area contributed by atoms with Gasteiger partial charge in [-0.25, -0.2) is 14.5 Å². The zero-order valence-electron chi connectivity index (χ0n) is 10.2. The third kappa shape index (κ3) is 4.42. The highest BCUT2D eigenvalue weighted by atomic mass is 16.6. The first-order valence-corrected chi connectivity index (χ1v) is 5.50. The average molecular weight is 251 g/mol. The smallest absolute Gasteiger partial charge is 0.417 e. The number of amides is 3. The van der Waals surface area contributed by atoms with Gasteiger partial charge in [-0.15, -0.1) is 0 Å². The average Bonchev–Trinajstić information content (AvgIpc) is 2.36. The summed E-state index contributed by atoms with van der Waals surface area (Å²) in [5, 5.41) is 0. The van der Waals surface area contributed by atoms with Crippen molar-refractivity contribution in [2.24, 2.45) is 11.5 Å². The van der Waals surface area contributed by atoms with E-state index in [0.29, 0.717) is 11.3 Å². The Kier molecular flexibility index (Phi) is 5.13. The van der Waals surface area contributed by atoms with Crippen LogP contribution in [0.2, 0.25) is 0 Å². The third-order valence-electron chi connectivity index (χ3n) is 2.37. The monoisotopic (exact) mass is 251 g/mol. The molecule has 3 amide bonds. The summed E-state index contributed by atoms with van der Waals surface area (Å²) in [6.45, 7) is 0.0331. The van der Waals surface area contributed by atoms with Gasteiger partial charge in [0.1, 0.15) is 6.61 Å². The molecule has 0 aliphatic carbocycles. The molecule has 0 bridgehead atoms. The number of carbonyl (C=O) groups excluding carboxylic acids is 2. The summed E-state index contributed by atoms with van der Waals surface area (Å²) in [7, 11) is 1.24. The van der Waals surface area contributed by atoms with Crippen molar-refractivity contribution in [3.05, 3.63) is 35.9 Å². The molecular weight excluding hydrogens is 234 g/mol. The summed E-state index contributed by atoms with van der Waals surface area (Å²) >= 11 is 0. The highest BCUT2D eigenvalue weighted by Crippen LogP contribution is 2.02. The zero-order valence-corrected chi connectivity index (χ0v) is 10.2. The number of imide groups is 1. The summed E-state index contributed by atoms with van der Waals surface area (Å²) in [4.78, 5) is 22.7. The number of benzene rings is 1. The third-order valence-corrected chi connectivity index (χ3v) is 2.37. The fraction of sp³-hybridized carbons (Fsp3) is 0.333. The molecule has 0 radical (unpaired) electrons. The number of nitrogens with zero attached hydrogens (tertiary/aromatic N) is 1. The molecule has 0 unspecified atom stereocenters. The molecule has 0 spiro atoms.